The van der Waals surface area contributed by atoms with E-state index in [4.69, 9.17) is 13.5 Å². The molecule has 0 saturated heterocycles. The molecule has 0 bridgehead atoms. The van der Waals surface area contributed by atoms with Crippen molar-refractivity contribution < 1.29 is 4.43 Å². The third-order valence-corrected chi connectivity index (χ3v) is 6.26. The molecule has 0 atom stereocenters. The SMILES string of the molecule is CC(C)O[SiH2][CH2][Mg][Cl]. The number of hydrogen-bond donors (Lipinski definition) is 0. The van der Waals surface area contributed by atoms with Gasteiger partial charge in [0.05, 0.1) is 0 Å². The molecule has 0 rings (SSSR count). The lowest BCUT2D eigenvalue weighted by Crippen LogP contribution is -2.07. The second-order valence-electron chi connectivity index (χ2n) is 1.96. The predicted octanol–water partition coefficient (Wildman–Crippen LogP) is 0.729. The molecule has 0 aromatic rings. The predicted molar refractivity (Wildman–Crippen MR) is 41.2 cm³/mol. The van der Waals surface area contributed by atoms with Crippen LogP contribution in [0.4, 0.5) is 0 Å². The van der Waals surface area contributed by atoms with Gasteiger partial charge in [-0.05, 0) is 13.8 Å². The minimum absolute atomic E-state index is 0.206. The first kappa shape index (κ1) is 9.23. The van der Waals surface area contributed by atoms with Crippen LogP contribution in [0.15, 0.2) is 0 Å². The van der Waals surface area contributed by atoms with Gasteiger partial charge in [0.15, 0.2) is 0 Å². The van der Waals surface area contributed by atoms with Gasteiger partial charge >= 0.3 is 19.3 Å². The highest BCUT2D eigenvalue weighted by Crippen LogP contribution is 1.87. The van der Waals surface area contributed by atoms with Crippen LogP contribution in [0.1, 0.15) is 13.8 Å². The Labute approximate surface area is 66.6 Å². The van der Waals surface area contributed by atoms with E-state index in [1.807, 2.05) is 0 Å². The minimum Gasteiger partial charge on any atom is -0.424 e. The van der Waals surface area contributed by atoms with Crippen LogP contribution in [0, 0.1) is 0 Å². The summed E-state index contributed by atoms with van der Waals surface area (Å²) >= 11 is -0.220. The lowest BCUT2D eigenvalue weighted by molar-refractivity contribution is 0.257. The smallest absolute Gasteiger partial charge is 0.424 e. The largest absolute Gasteiger partial charge is 0.500 e. The molecule has 0 radical (unpaired) electrons. The summed E-state index contributed by atoms with van der Waals surface area (Å²) in [6.45, 7) is 4.14. The number of halogens is 1. The Morgan fingerprint density at radius 1 is 1.75 bits per heavy atom. The summed E-state index contributed by atoms with van der Waals surface area (Å²) in [6.07, 6.45) is 0.430. The molecule has 8 heavy (non-hydrogen) atoms. The average molecular weight is 163 g/mol. The standard InChI is InChI=1S/C4H11OSi.ClH.Mg/c1-4(2)5-6-3;;/h4H,3,6H2,1-2H3;1H;/q;;+1/p-1. The van der Waals surface area contributed by atoms with E-state index >= 15 is 0 Å². The molecular weight excluding hydrogens is 152 g/mol. The Bertz CT molecular complexity index is 53.3. The fourth-order valence-electron chi connectivity index (χ4n) is 0.374. The average Bonchev–Trinajstić information content (AvgIpc) is 1.66. The van der Waals surface area contributed by atoms with E-state index < -0.39 is 0 Å². The highest BCUT2D eigenvalue weighted by atomic mass is 35.5. The maximum Gasteiger partial charge on any atom is 0.500 e. The van der Waals surface area contributed by atoms with E-state index in [9.17, 15) is 0 Å². The quantitative estimate of drug-likeness (QED) is 0.438. The fourth-order valence-corrected chi connectivity index (χ4v) is 2.93. The van der Waals surface area contributed by atoms with E-state index in [-0.39, 0.29) is 29.0 Å². The molecule has 0 amide bonds. The van der Waals surface area contributed by atoms with Crippen LogP contribution in [0.3, 0.4) is 0 Å². The van der Waals surface area contributed by atoms with Crippen molar-refractivity contribution in [2.45, 2.75) is 24.1 Å². The molecule has 46 valence electrons. The molecule has 0 aliphatic rings. The van der Waals surface area contributed by atoms with E-state index in [1.165, 1.54) is 4.17 Å². The molecule has 0 aliphatic heterocycles. The van der Waals surface area contributed by atoms with Crippen LogP contribution < -0.4 is 0 Å². The zero-order valence-electron chi connectivity index (χ0n) is 5.48. The first-order valence-corrected chi connectivity index (χ1v) is 7.66. The first-order valence-electron chi connectivity index (χ1n) is 2.95. The Kier molecular flexibility index (Phi) is 7.33. The Hall–Kier alpha value is 1.23. The summed E-state index contributed by atoms with van der Waals surface area (Å²) in [5.41, 5.74) is 0. The maximum absolute atomic E-state index is 5.58. The lowest BCUT2D eigenvalue weighted by atomic mass is 10.5. The third-order valence-electron chi connectivity index (χ3n) is 0.729. The molecular formula is C4H11ClMgOSi. The summed E-state index contributed by atoms with van der Waals surface area (Å²) < 4.78 is 6.61. The lowest BCUT2D eigenvalue weighted by Gasteiger charge is -2.04. The zero-order chi connectivity index (χ0) is 6.41. The van der Waals surface area contributed by atoms with Crippen LogP contribution >= 0.6 is 9.07 Å². The van der Waals surface area contributed by atoms with Gasteiger partial charge in [0.1, 0.15) is 9.76 Å². The van der Waals surface area contributed by atoms with Crippen molar-refractivity contribution in [3.05, 3.63) is 0 Å². The second kappa shape index (κ2) is 6.35. The zero-order valence-corrected chi connectivity index (χ0v) is 9.07. The van der Waals surface area contributed by atoms with Crippen LogP contribution in [-0.4, -0.2) is 35.1 Å². The van der Waals surface area contributed by atoms with Gasteiger partial charge in [-0.3, -0.25) is 0 Å². The van der Waals surface area contributed by atoms with Crippen molar-refractivity contribution in [3.8, 4) is 0 Å². The normalized spacial score (nSPS) is 11.0. The van der Waals surface area contributed by atoms with Gasteiger partial charge < -0.3 is 13.5 Å². The molecule has 4 heteroatoms. The van der Waals surface area contributed by atoms with Crippen molar-refractivity contribution in [3.63, 3.8) is 0 Å². The van der Waals surface area contributed by atoms with Crippen LogP contribution in [0.5, 0.6) is 0 Å². The van der Waals surface area contributed by atoms with Crippen LogP contribution in [0.25, 0.3) is 0 Å². The molecule has 0 aromatic carbocycles. The van der Waals surface area contributed by atoms with Gasteiger partial charge in [-0.25, -0.2) is 0 Å². The molecule has 0 heterocycles. The van der Waals surface area contributed by atoms with Gasteiger partial charge in [0, 0.05) is 6.10 Å². The minimum atomic E-state index is -0.220. The Morgan fingerprint density at radius 2 is 2.38 bits per heavy atom. The summed E-state index contributed by atoms with van der Waals surface area (Å²) in [7, 11) is 5.37. The van der Waals surface area contributed by atoms with Crippen molar-refractivity contribution >= 4 is 38.1 Å². The summed E-state index contributed by atoms with van der Waals surface area (Å²) in [5, 5.41) is 0. The summed E-state index contributed by atoms with van der Waals surface area (Å²) in [4.78, 5) is 0. The number of hydrogen-bond acceptors (Lipinski definition) is 1. The topological polar surface area (TPSA) is 9.23 Å². The molecule has 0 fully saturated rings. The molecule has 0 aromatic heterocycles. The van der Waals surface area contributed by atoms with Crippen molar-refractivity contribution in [2.24, 2.45) is 0 Å². The van der Waals surface area contributed by atoms with Crippen molar-refractivity contribution in [1.82, 2.24) is 0 Å². The molecule has 1 nitrogen and oxygen atoms in total. The molecule has 0 N–H and O–H groups in total. The highest BCUT2D eigenvalue weighted by molar-refractivity contribution is 6.96. The maximum atomic E-state index is 5.58. The number of rotatable bonds is 4. The van der Waals surface area contributed by atoms with E-state index in [0.29, 0.717) is 6.10 Å². The van der Waals surface area contributed by atoms with Gasteiger partial charge in [-0.1, -0.05) is 0 Å². The second-order valence-corrected chi connectivity index (χ2v) is 7.04. The molecule has 0 saturated carbocycles. The third kappa shape index (κ3) is 7.23. The van der Waals surface area contributed by atoms with E-state index in [1.54, 1.807) is 0 Å². The van der Waals surface area contributed by atoms with Crippen molar-refractivity contribution in [1.29, 1.82) is 0 Å². The molecule has 0 unspecified atom stereocenters. The Balaban J connectivity index is 2.72. The van der Waals surface area contributed by atoms with Gasteiger partial charge in [-0.2, -0.15) is 0 Å². The Morgan fingerprint density at radius 3 is 2.75 bits per heavy atom. The van der Waals surface area contributed by atoms with Crippen LogP contribution in [0.2, 0.25) is 4.17 Å². The molecule has 0 aliphatic carbocycles. The first-order chi connectivity index (χ1) is 3.77. The van der Waals surface area contributed by atoms with E-state index in [0.717, 1.165) is 0 Å². The van der Waals surface area contributed by atoms with E-state index in [2.05, 4.69) is 13.8 Å². The fraction of sp³-hybridized carbons (Fsp3) is 1.00. The monoisotopic (exact) mass is 162 g/mol. The van der Waals surface area contributed by atoms with Crippen LogP contribution in [-0.2, 0) is 4.43 Å². The van der Waals surface area contributed by atoms with Crippen molar-refractivity contribution in [2.75, 3.05) is 0 Å². The van der Waals surface area contributed by atoms with Gasteiger partial charge in [0.2, 0.25) is 0 Å². The summed E-state index contributed by atoms with van der Waals surface area (Å²) in [5.74, 6) is 0. The van der Waals surface area contributed by atoms with Gasteiger partial charge in [0.25, 0.3) is 0 Å². The summed E-state index contributed by atoms with van der Waals surface area (Å²) in [6, 6.07) is 0. The molecule has 0 spiro atoms. The van der Waals surface area contributed by atoms with Gasteiger partial charge in [-0.15, -0.1) is 4.17 Å². The highest BCUT2D eigenvalue weighted by Gasteiger charge is 1.94.